The Labute approximate surface area is 212 Å². The van der Waals surface area contributed by atoms with Gasteiger partial charge in [-0.15, -0.1) is 0 Å². The zero-order chi connectivity index (χ0) is 25.3. The number of phenols is 1. The highest BCUT2D eigenvalue weighted by atomic mass is 32.2. The third kappa shape index (κ3) is 4.71. The van der Waals surface area contributed by atoms with Gasteiger partial charge in [-0.1, -0.05) is 36.0 Å². The average molecular weight is 517 g/mol. The Morgan fingerprint density at radius 3 is 2.44 bits per heavy atom. The van der Waals surface area contributed by atoms with E-state index in [1.54, 1.807) is 24.3 Å². The molecule has 4 aromatic carbocycles. The van der Waals surface area contributed by atoms with Gasteiger partial charge in [0, 0.05) is 21.9 Å². The highest BCUT2D eigenvalue weighted by molar-refractivity contribution is 7.99. The molecule has 1 aliphatic rings. The van der Waals surface area contributed by atoms with Gasteiger partial charge in [0.05, 0.1) is 21.0 Å². The molecule has 0 saturated carbocycles. The van der Waals surface area contributed by atoms with Gasteiger partial charge in [0.1, 0.15) is 5.75 Å². The number of carbonyl (C=O) groups excluding carboxylic acids is 2. The normalized spacial score (nSPS) is 13.6. The summed E-state index contributed by atoms with van der Waals surface area (Å²) >= 11 is 1.53. The van der Waals surface area contributed by atoms with Crippen LogP contribution in [0.1, 0.15) is 26.3 Å². The molecule has 0 fully saturated rings. The van der Waals surface area contributed by atoms with Crippen LogP contribution in [0.15, 0.2) is 111 Å². The van der Waals surface area contributed by atoms with Crippen molar-refractivity contribution >= 4 is 39.1 Å². The number of hydrogen-bond acceptors (Lipinski definition) is 6. The summed E-state index contributed by atoms with van der Waals surface area (Å²) in [7, 11) is -3.93. The quantitative estimate of drug-likeness (QED) is 0.349. The second kappa shape index (κ2) is 9.52. The van der Waals surface area contributed by atoms with E-state index in [1.165, 1.54) is 42.1 Å². The lowest BCUT2D eigenvalue weighted by atomic mass is 10.1. The number of phenolic OH excluding ortho intramolecular Hbond substituents is 1. The Morgan fingerprint density at radius 2 is 1.64 bits per heavy atom. The molecule has 180 valence electrons. The topological polar surface area (TPSA) is 113 Å². The van der Waals surface area contributed by atoms with E-state index in [4.69, 9.17) is 0 Å². The summed E-state index contributed by atoms with van der Waals surface area (Å²) in [4.78, 5) is 27.3. The fourth-order valence-corrected chi connectivity index (χ4v) is 6.35. The van der Waals surface area contributed by atoms with E-state index in [9.17, 15) is 23.1 Å². The summed E-state index contributed by atoms with van der Waals surface area (Å²) in [6.07, 6.45) is 0. The second-order valence-electron chi connectivity index (χ2n) is 8.09. The summed E-state index contributed by atoms with van der Waals surface area (Å²) in [6.45, 7) is 0.260. The molecule has 4 aromatic rings. The van der Waals surface area contributed by atoms with Crippen LogP contribution in [-0.4, -0.2) is 25.3 Å². The monoisotopic (exact) mass is 516 g/mol. The Bertz CT molecular complexity index is 1600. The number of fused-ring (bicyclic) bond motifs is 2. The summed E-state index contributed by atoms with van der Waals surface area (Å²) in [5, 5.41) is 14.9. The van der Waals surface area contributed by atoms with Crippen LogP contribution in [0.3, 0.4) is 0 Å². The van der Waals surface area contributed by atoms with Crippen LogP contribution in [0.25, 0.3) is 0 Å². The van der Waals surface area contributed by atoms with E-state index in [1.807, 2.05) is 36.4 Å². The molecule has 0 saturated heterocycles. The van der Waals surface area contributed by atoms with E-state index in [0.717, 1.165) is 15.4 Å². The summed E-state index contributed by atoms with van der Waals surface area (Å²) in [5.74, 6) is -0.744. The van der Waals surface area contributed by atoms with Gasteiger partial charge in [0.2, 0.25) is 9.84 Å². The van der Waals surface area contributed by atoms with Gasteiger partial charge in [-0.05, 0) is 72.3 Å². The lowest BCUT2D eigenvalue weighted by Gasteiger charge is -2.11. The SMILES string of the molecule is O=C(NCc1cccc(Sc2ccc(O)cc2)c1)c1ccc2c(c1)NC(=O)c1ccccc1S2(=O)=O. The molecule has 0 radical (unpaired) electrons. The maximum Gasteiger partial charge on any atom is 0.257 e. The van der Waals surface area contributed by atoms with E-state index in [0.29, 0.717) is 0 Å². The van der Waals surface area contributed by atoms with Gasteiger partial charge < -0.3 is 15.7 Å². The lowest BCUT2D eigenvalue weighted by Crippen LogP contribution is -2.23. The first-order chi connectivity index (χ1) is 17.3. The van der Waals surface area contributed by atoms with Gasteiger partial charge in [0.15, 0.2) is 0 Å². The third-order valence-electron chi connectivity index (χ3n) is 5.62. The molecule has 0 spiro atoms. The Kier molecular flexibility index (Phi) is 6.26. The number of nitrogens with one attached hydrogen (secondary N) is 2. The largest absolute Gasteiger partial charge is 0.508 e. The predicted molar refractivity (Wildman–Crippen MR) is 136 cm³/mol. The fraction of sp³-hybridized carbons (Fsp3) is 0.0370. The van der Waals surface area contributed by atoms with E-state index in [-0.39, 0.29) is 38.9 Å². The molecule has 1 aliphatic heterocycles. The molecule has 0 unspecified atom stereocenters. The van der Waals surface area contributed by atoms with Gasteiger partial charge >= 0.3 is 0 Å². The van der Waals surface area contributed by atoms with Crippen molar-refractivity contribution in [1.82, 2.24) is 5.32 Å². The van der Waals surface area contributed by atoms with Crippen molar-refractivity contribution in [2.45, 2.75) is 26.1 Å². The number of anilines is 1. The number of rotatable bonds is 5. The molecule has 0 bridgehead atoms. The van der Waals surface area contributed by atoms with Crippen molar-refractivity contribution in [3.05, 3.63) is 108 Å². The zero-order valence-corrected chi connectivity index (χ0v) is 20.4. The van der Waals surface area contributed by atoms with Crippen LogP contribution in [0.5, 0.6) is 5.75 Å². The number of hydrogen-bond donors (Lipinski definition) is 3. The molecule has 2 amide bonds. The highest BCUT2D eigenvalue weighted by Gasteiger charge is 2.31. The predicted octanol–water partition coefficient (Wildman–Crippen LogP) is 4.87. The van der Waals surface area contributed by atoms with Crippen molar-refractivity contribution in [3.63, 3.8) is 0 Å². The van der Waals surface area contributed by atoms with Crippen LogP contribution in [0.2, 0.25) is 0 Å². The molecule has 3 N–H and O–H groups in total. The number of aromatic hydroxyl groups is 1. The van der Waals surface area contributed by atoms with Crippen molar-refractivity contribution < 1.29 is 23.1 Å². The molecule has 0 aliphatic carbocycles. The molecule has 1 heterocycles. The summed E-state index contributed by atoms with van der Waals surface area (Å²) < 4.78 is 26.3. The first-order valence-corrected chi connectivity index (χ1v) is 13.2. The van der Waals surface area contributed by atoms with E-state index < -0.39 is 21.7 Å². The first-order valence-electron chi connectivity index (χ1n) is 10.9. The minimum Gasteiger partial charge on any atom is -0.508 e. The second-order valence-corrected chi connectivity index (χ2v) is 11.1. The molecule has 7 nitrogen and oxygen atoms in total. The Balaban J connectivity index is 1.32. The first kappa shape index (κ1) is 23.7. The number of sulfone groups is 1. The summed E-state index contributed by atoms with van der Waals surface area (Å²) in [6, 6.07) is 24.8. The van der Waals surface area contributed by atoms with Crippen molar-refractivity contribution in [1.29, 1.82) is 0 Å². The molecule has 0 aromatic heterocycles. The van der Waals surface area contributed by atoms with Crippen LogP contribution in [0.4, 0.5) is 5.69 Å². The molecule has 5 rings (SSSR count). The van der Waals surface area contributed by atoms with Gasteiger partial charge in [0.25, 0.3) is 11.8 Å². The highest BCUT2D eigenvalue weighted by Crippen LogP contribution is 2.34. The van der Waals surface area contributed by atoms with Crippen molar-refractivity contribution in [3.8, 4) is 5.75 Å². The molecule has 36 heavy (non-hydrogen) atoms. The minimum absolute atomic E-state index is 0.0590. The molecule has 0 atom stereocenters. The van der Waals surface area contributed by atoms with Gasteiger partial charge in [-0.2, -0.15) is 0 Å². The number of carbonyl (C=O) groups is 2. The molecule has 9 heteroatoms. The van der Waals surface area contributed by atoms with Gasteiger partial charge in [-0.3, -0.25) is 9.59 Å². The van der Waals surface area contributed by atoms with Crippen molar-refractivity contribution in [2.75, 3.05) is 5.32 Å². The van der Waals surface area contributed by atoms with Gasteiger partial charge in [-0.25, -0.2) is 8.42 Å². The zero-order valence-electron chi connectivity index (χ0n) is 18.8. The maximum atomic E-state index is 13.1. The van der Waals surface area contributed by atoms with E-state index >= 15 is 0 Å². The Morgan fingerprint density at radius 1 is 0.861 bits per heavy atom. The smallest absolute Gasteiger partial charge is 0.257 e. The fourth-order valence-electron chi connectivity index (χ4n) is 3.85. The molecular weight excluding hydrogens is 496 g/mol. The van der Waals surface area contributed by atoms with Crippen LogP contribution < -0.4 is 10.6 Å². The van der Waals surface area contributed by atoms with Crippen LogP contribution in [0, 0.1) is 0 Å². The summed E-state index contributed by atoms with van der Waals surface area (Å²) in [5.41, 5.74) is 1.24. The van der Waals surface area contributed by atoms with Crippen molar-refractivity contribution in [2.24, 2.45) is 0 Å². The number of amides is 2. The maximum absolute atomic E-state index is 13.1. The lowest BCUT2D eigenvalue weighted by molar-refractivity contribution is 0.0949. The number of benzene rings is 4. The average Bonchev–Trinajstić information content (AvgIpc) is 2.96. The molecular formula is C27H20N2O5S2. The standard InChI is InChI=1S/C27H20N2O5S2/c30-19-9-11-20(12-10-19)35-21-5-3-4-17(14-21)16-28-26(31)18-8-13-25-23(15-18)29-27(32)22-6-1-2-7-24(22)36(25,33)34/h1-15,30H,16H2,(H,28,31)(H,29,32). The van der Waals surface area contributed by atoms with Crippen LogP contribution >= 0.6 is 11.8 Å². The van der Waals surface area contributed by atoms with E-state index in [2.05, 4.69) is 10.6 Å². The minimum atomic E-state index is -3.93. The third-order valence-corrected chi connectivity index (χ3v) is 8.49. The Hall–Kier alpha value is -4.08. The van der Waals surface area contributed by atoms with Crippen LogP contribution in [-0.2, 0) is 16.4 Å².